The lowest BCUT2D eigenvalue weighted by Crippen LogP contribution is -2.29. The van der Waals surface area contributed by atoms with Gasteiger partial charge in [0.25, 0.3) is 0 Å². The van der Waals surface area contributed by atoms with E-state index in [-0.39, 0.29) is 0 Å². The lowest BCUT2D eigenvalue weighted by molar-refractivity contribution is 0.0832. The maximum atomic E-state index is 5.62. The Hall–Kier alpha value is -0.0800. The molecule has 1 atom stereocenters. The molecule has 15 heavy (non-hydrogen) atoms. The van der Waals surface area contributed by atoms with E-state index in [0.717, 1.165) is 13.2 Å². The van der Waals surface area contributed by atoms with E-state index in [4.69, 9.17) is 4.74 Å². The lowest BCUT2D eigenvalue weighted by Gasteiger charge is -2.19. The molecule has 0 amide bonds. The number of likely N-dealkylation sites (N-methyl/N-ethyl adjacent to an activating group) is 1. The summed E-state index contributed by atoms with van der Waals surface area (Å²) in [6, 6.07) is 0.532. The van der Waals surface area contributed by atoms with Crippen LogP contribution in [0.1, 0.15) is 52.4 Å². The Bertz CT molecular complexity index is 126. The van der Waals surface area contributed by atoms with Crippen LogP contribution in [0.3, 0.4) is 0 Å². The zero-order valence-corrected chi connectivity index (χ0v) is 11.1. The van der Waals surface area contributed by atoms with Crippen LogP contribution in [0, 0.1) is 0 Å². The summed E-state index contributed by atoms with van der Waals surface area (Å²) in [7, 11) is 4.19. The van der Waals surface area contributed by atoms with Crippen LogP contribution in [0.15, 0.2) is 0 Å². The smallest absolute Gasteiger partial charge is 0.0618 e. The summed E-state index contributed by atoms with van der Waals surface area (Å²) in [6.07, 6.45) is 8.04. The predicted molar refractivity (Wildman–Crippen MR) is 67.3 cm³/mol. The average Bonchev–Trinajstić information content (AvgIpc) is 2.21. The number of unbranched alkanes of at least 4 members (excludes halogenated alkanes) is 5. The van der Waals surface area contributed by atoms with Gasteiger partial charge in [-0.2, -0.15) is 0 Å². The van der Waals surface area contributed by atoms with E-state index >= 15 is 0 Å². The van der Waals surface area contributed by atoms with Crippen molar-refractivity contribution in [2.75, 3.05) is 27.3 Å². The maximum Gasteiger partial charge on any atom is 0.0618 e. The van der Waals surface area contributed by atoms with Gasteiger partial charge in [-0.3, -0.25) is 0 Å². The number of hydrogen-bond donors (Lipinski definition) is 0. The van der Waals surface area contributed by atoms with Gasteiger partial charge in [0.1, 0.15) is 0 Å². The molecule has 0 aromatic heterocycles. The molecule has 0 fully saturated rings. The number of nitrogens with zero attached hydrogens (tertiary/aromatic N) is 1. The largest absolute Gasteiger partial charge is 0.380 e. The molecule has 0 saturated heterocycles. The molecule has 0 saturated carbocycles. The van der Waals surface area contributed by atoms with Gasteiger partial charge in [0, 0.05) is 12.6 Å². The second-order valence-corrected chi connectivity index (χ2v) is 4.66. The highest BCUT2D eigenvalue weighted by molar-refractivity contribution is 4.56. The molecule has 2 heteroatoms. The molecule has 0 rings (SSSR count). The van der Waals surface area contributed by atoms with Gasteiger partial charge in [-0.25, -0.2) is 0 Å². The number of rotatable bonds is 10. The Morgan fingerprint density at radius 3 is 2.20 bits per heavy atom. The first kappa shape index (κ1) is 14.9. The van der Waals surface area contributed by atoms with Crippen molar-refractivity contribution < 1.29 is 4.74 Å². The predicted octanol–water partition coefficient (Wildman–Crippen LogP) is 3.31. The van der Waals surface area contributed by atoms with E-state index in [1.54, 1.807) is 0 Å². The first-order chi connectivity index (χ1) is 7.18. The van der Waals surface area contributed by atoms with Gasteiger partial charge in [0.15, 0.2) is 0 Å². The molecule has 0 aliphatic rings. The fraction of sp³-hybridized carbons (Fsp3) is 1.00. The summed E-state index contributed by atoms with van der Waals surface area (Å²) in [5, 5.41) is 0. The molecule has 0 aromatic carbocycles. The summed E-state index contributed by atoms with van der Waals surface area (Å²) < 4.78 is 5.62. The van der Waals surface area contributed by atoms with Crippen LogP contribution in [-0.2, 0) is 4.74 Å². The third-order valence-electron chi connectivity index (χ3n) is 2.88. The molecule has 0 N–H and O–H groups in total. The Balaban J connectivity index is 3.05. The first-order valence-corrected chi connectivity index (χ1v) is 6.42. The van der Waals surface area contributed by atoms with Crippen molar-refractivity contribution in [2.24, 2.45) is 0 Å². The summed E-state index contributed by atoms with van der Waals surface area (Å²) in [4.78, 5) is 2.20. The van der Waals surface area contributed by atoms with Crippen LogP contribution in [0.25, 0.3) is 0 Å². The van der Waals surface area contributed by atoms with Crippen molar-refractivity contribution in [1.82, 2.24) is 4.90 Å². The van der Waals surface area contributed by atoms with Crippen molar-refractivity contribution in [3.8, 4) is 0 Å². The number of hydrogen-bond acceptors (Lipinski definition) is 2. The Morgan fingerprint density at radius 2 is 1.60 bits per heavy atom. The van der Waals surface area contributed by atoms with Gasteiger partial charge in [0.05, 0.1) is 6.61 Å². The highest BCUT2D eigenvalue weighted by atomic mass is 16.5. The quantitative estimate of drug-likeness (QED) is 0.518. The minimum absolute atomic E-state index is 0.532. The van der Waals surface area contributed by atoms with Crippen molar-refractivity contribution >= 4 is 0 Å². The number of ether oxygens (including phenoxy) is 1. The van der Waals surface area contributed by atoms with E-state index in [2.05, 4.69) is 32.8 Å². The van der Waals surface area contributed by atoms with Crippen molar-refractivity contribution in [2.45, 2.75) is 58.4 Å². The van der Waals surface area contributed by atoms with Crippen molar-refractivity contribution in [1.29, 1.82) is 0 Å². The molecule has 0 aliphatic carbocycles. The second kappa shape index (κ2) is 10.4. The highest BCUT2D eigenvalue weighted by Crippen LogP contribution is 2.05. The minimum atomic E-state index is 0.532. The van der Waals surface area contributed by atoms with Crippen molar-refractivity contribution in [3.63, 3.8) is 0 Å². The van der Waals surface area contributed by atoms with Crippen LogP contribution >= 0.6 is 0 Å². The summed E-state index contributed by atoms with van der Waals surface area (Å²) in [6.45, 7) is 6.25. The third kappa shape index (κ3) is 10.2. The van der Waals surface area contributed by atoms with E-state index in [1.165, 1.54) is 38.5 Å². The molecule has 0 aliphatic heterocycles. The molecule has 1 unspecified atom stereocenters. The van der Waals surface area contributed by atoms with Gasteiger partial charge in [-0.05, 0) is 27.4 Å². The topological polar surface area (TPSA) is 12.5 Å². The first-order valence-electron chi connectivity index (χ1n) is 6.42. The SMILES string of the molecule is CCCCCCCCOCC(C)N(C)C. The van der Waals surface area contributed by atoms with Gasteiger partial charge < -0.3 is 9.64 Å². The molecular formula is C13H29NO. The summed E-state index contributed by atoms with van der Waals surface area (Å²) >= 11 is 0. The van der Waals surface area contributed by atoms with Gasteiger partial charge >= 0.3 is 0 Å². The van der Waals surface area contributed by atoms with E-state index in [9.17, 15) is 0 Å². The van der Waals surface area contributed by atoms with Crippen LogP contribution in [0.2, 0.25) is 0 Å². The molecule has 0 aromatic rings. The monoisotopic (exact) mass is 215 g/mol. The average molecular weight is 215 g/mol. The normalized spacial score (nSPS) is 13.4. The fourth-order valence-corrected chi connectivity index (χ4v) is 1.39. The standard InChI is InChI=1S/C13H29NO/c1-5-6-7-8-9-10-11-15-12-13(2)14(3)4/h13H,5-12H2,1-4H3. The molecule has 0 radical (unpaired) electrons. The van der Waals surface area contributed by atoms with Gasteiger partial charge in [0.2, 0.25) is 0 Å². The Labute approximate surface area is 96.0 Å². The second-order valence-electron chi connectivity index (χ2n) is 4.66. The molecule has 0 heterocycles. The third-order valence-corrected chi connectivity index (χ3v) is 2.88. The van der Waals surface area contributed by atoms with Crippen LogP contribution in [0.4, 0.5) is 0 Å². The van der Waals surface area contributed by atoms with Gasteiger partial charge in [-0.15, -0.1) is 0 Å². The maximum absolute atomic E-state index is 5.62. The fourth-order valence-electron chi connectivity index (χ4n) is 1.39. The zero-order chi connectivity index (χ0) is 11.5. The van der Waals surface area contributed by atoms with Crippen molar-refractivity contribution in [3.05, 3.63) is 0 Å². The highest BCUT2D eigenvalue weighted by Gasteiger charge is 2.03. The van der Waals surface area contributed by atoms with E-state index in [0.29, 0.717) is 6.04 Å². The summed E-state index contributed by atoms with van der Waals surface area (Å²) in [5.74, 6) is 0. The van der Waals surface area contributed by atoms with Crippen LogP contribution < -0.4 is 0 Å². The molecular weight excluding hydrogens is 186 g/mol. The molecule has 92 valence electrons. The Morgan fingerprint density at radius 1 is 1.00 bits per heavy atom. The zero-order valence-electron chi connectivity index (χ0n) is 11.1. The van der Waals surface area contributed by atoms with E-state index < -0.39 is 0 Å². The molecule has 0 spiro atoms. The van der Waals surface area contributed by atoms with Crippen LogP contribution in [-0.4, -0.2) is 38.3 Å². The minimum Gasteiger partial charge on any atom is -0.380 e. The van der Waals surface area contributed by atoms with Crippen LogP contribution in [0.5, 0.6) is 0 Å². The molecule has 2 nitrogen and oxygen atoms in total. The summed E-state index contributed by atoms with van der Waals surface area (Å²) in [5.41, 5.74) is 0. The Kier molecular flexibility index (Phi) is 10.4. The lowest BCUT2D eigenvalue weighted by atomic mass is 10.1. The van der Waals surface area contributed by atoms with E-state index in [1.807, 2.05) is 0 Å². The molecule has 0 bridgehead atoms. The van der Waals surface area contributed by atoms with Gasteiger partial charge in [-0.1, -0.05) is 39.0 Å².